The Morgan fingerprint density at radius 1 is 1.53 bits per heavy atom. The van der Waals surface area contributed by atoms with Crippen molar-refractivity contribution in [2.75, 3.05) is 13.1 Å². The van der Waals surface area contributed by atoms with Gasteiger partial charge in [-0.1, -0.05) is 5.92 Å². The van der Waals surface area contributed by atoms with Crippen molar-refractivity contribution in [2.45, 2.75) is 12.8 Å². The molecule has 17 heavy (non-hydrogen) atoms. The van der Waals surface area contributed by atoms with Gasteiger partial charge in [0.15, 0.2) is 0 Å². The Hall–Kier alpha value is -2.02. The van der Waals surface area contributed by atoms with E-state index in [1.165, 1.54) is 31.2 Å². The third-order valence-corrected chi connectivity index (χ3v) is 2.78. The van der Waals surface area contributed by atoms with Gasteiger partial charge in [-0.25, -0.2) is 0 Å². The van der Waals surface area contributed by atoms with Gasteiger partial charge in [0.25, 0.3) is 5.91 Å². The summed E-state index contributed by atoms with van der Waals surface area (Å²) in [5.41, 5.74) is 0.257. The predicted octanol–water partition coefficient (Wildman–Crippen LogP) is 0.860. The second-order valence-corrected chi connectivity index (χ2v) is 4.27. The summed E-state index contributed by atoms with van der Waals surface area (Å²) in [5.74, 6) is 2.97. The first-order valence-corrected chi connectivity index (χ1v) is 5.62. The Balaban J connectivity index is 2.11. The number of terminal acetylenes is 1. The SMILES string of the molecule is C#CCN(CC1CC1)C(=O)c1ccc(=O)[nH]c1. The third kappa shape index (κ3) is 2.97. The van der Waals surface area contributed by atoms with Crippen LogP contribution in [0.3, 0.4) is 0 Å². The molecule has 0 aromatic carbocycles. The number of H-pyrrole nitrogens is 1. The highest BCUT2D eigenvalue weighted by Crippen LogP contribution is 2.29. The summed E-state index contributed by atoms with van der Waals surface area (Å²) in [5, 5.41) is 0. The van der Waals surface area contributed by atoms with E-state index < -0.39 is 0 Å². The zero-order chi connectivity index (χ0) is 12.3. The van der Waals surface area contributed by atoms with Gasteiger partial charge in [-0.15, -0.1) is 6.42 Å². The fourth-order valence-electron chi connectivity index (χ4n) is 1.67. The molecule has 1 saturated carbocycles. The number of aromatic amines is 1. The molecule has 0 atom stereocenters. The van der Waals surface area contributed by atoms with E-state index in [-0.39, 0.29) is 11.5 Å². The summed E-state index contributed by atoms with van der Waals surface area (Å²) in [6, 6.07) is 2.87. The molecule has 0 spiro atoms. The van der Waals surface area contributed by atoms with E-state index in [1.807, 2.05) is 0 Å². The van der Waals surface area contributed by atoms with Crippen LogP contribution in [-0.2, 0) is 0 Å². The van der Waals surface area contributed by atoms with Gasteiger partial charge in [0.2, 0.25) is 5.56 Å². The summed E-state index contributed by atoms with van der Waals surface area (Å²) < 4.78 is 0. The van der Waals surface area contributed by atoms with Gasteiger partial charge < -0.3 is 9.88 Å². The van der Waals surface area contributed by atoms with E-state index in [1.54, 1.807) is 4.90 Å². The molecule has 0 radical (unpaired) electrons. The standard InChI is InChI=1S/C13H14N2O2/c1-2-7-15(9-10-3-4-10)13(17)11-5-6-12(16)14-8-11/h1,5-6,8,10H,3-4,7,9H2,(H,14,16). The van der Waals surface area contributed by atoms with Crippen LogP contribution in [0.15, 0.2) is 23.1 Å². The molecule has 1 amide bonds. The third-order valence-electron chi connectivity index (χ3n) is 2.78. The number of carbonyl (C=O) groups is 1. The van der Waals surface area contributed by atoms with Crippen molar-refractivity contribution in [3.63, 3.8) is 0 Å². The van der Waals surface area contributed by atoms with Crippen LogP contribution in [0.1, 0.15) is 23.2 Å². The molecule has 2 rings (SSSR count). The van der Waals surface area contributed by atoms with Crippen molar-refractivity contribution in [2.24, 2.45) is 5.92 Å². The van der Waals surface area contributed by atoms with Crippen LogP contribution in [0.5, 0.6) is 0 Å². The lowest BCUT2D eigenvalue weighted by atomic mass is 10.2. The Labute approximate surface area is 99.6 Å². The molecular formula is C13H14N2O2. The predicted molar refractivity (Wildman–Crippen MR) is 64.5 cm³/mol. The first-order valence-electron chi connectivity index (χ1n) is 5.62. The van der Waals surface area contributed by atoms with E-state index >= 15 is 0 Å². The molecule has 1 fully saturated rings. The maximum Gasteiger partial charge on any atom is 0.256 e. The summed E-state index contributed by atoms with van der Waals surface area (Å²) in [6.07, 6.45) is 9.03. The number of pyridine rings is 1. The maximum atomic E-state index is 12.1. The minimum atomic E-state index is -0.216. The molecule has 4 heteroatoms. The molecule has 4 nitrogen and oxygen atoms in total. The molecule has 0 aliphatic heterocycles. The number of hydrogen-bond acceptors (Lipinski definition) is 2. The van der Waals surface area contributed by atoms with E-state index in [4.69, 9.17) is 6.42 Å². The molecule has 1 aliphatic carbocycles. The molecular weight excluding hydrogens is 216 g/mol. The van der Waals surface area contributed by atoms with E-state index in [9.17, 15) is 9.59 Å². The second-order valence-electron chi connectivity index (χ2n) is 4.27. The highest BCUT2D eigenvalue weighted by atomic mass is 16.2. The zero-order valence-corrected chi connectivity index (χ0v) is 9.48. The Morgan fingerprint density at radius 3 is 2.82 bits per heavy atom. The quantitative estimate of drug-likeness (QED) is 0.780. The van der Waals surface area contributed by atoms with Crippen molar-refractivity contribution in [1.29, 1.82) is 0 Å². The van der Waals surface area contributed by atoms with Crippen LogP contribution in [0.4, 0.5) is 0 Å². The van der Waals surface area contributed by atoms with Gasteiger partial charge >= 0.3 is 0 Å². The first kappa shape index (κ1) is 11.5. The summed E-state index contributed by atoms with van der Waals surface area (Å²) in [7, 11) is 0. The number of amides is 1. The fraction of sp³-hybridized carbons (Fsp3) is 0.385. The first-order chi connectivity index (χ1) is 8.20. The molecule has 88 valence electrons. The smallest absolute Gasteiger partial charge is 0.256 e. The minimum absolute atomic E-state index is 0.119. The number of nitrogens with one attached hydrogen (secondary N) is 1. The normalized spacial score (nSPS) is 14.1. The molecule has 1 aromatic rings. The van der Waals surface area contributed by atoms with Gasteiger partial charge in [-0.2, -0.15) is 0 Å². The van der Waals surface area contributed by atoms with E-state index in [0.717, 1.165) is 0 Å². The Bertz CT molecular complexity index is 488. The molecule has 0 bridgehead atoms. The minimum Gasteiger partial charge on any atom is -0.328 e. The van der Waals surface area contributed by atoms with Gasteiger partial charge in [-0.05, 0) is 24.8 Å². The van der Waals surface area contributed by atoms with Crippen molar-refractivity contribution in [3.05, 3.63) is 34.2 Å². The van der Waals surface area contributed by atoms with Crippen molar-refractivity contribution >= 4 is 5.91 Å². The Morgan fingerprint density at radius 2 is 2.29 bits per heavy atom. The molecule has 1 aromatic heterocycles. The number of nitrogens with zero attached hydrogens (tertiary/aromatic N) is 1. The Kier molecular flexibility index (Phi) is 3.29. The van der Waals surface area contributed by atoms with Gasteiger partial charge in [-0.3, -0.25) is 9.59 Å². The van der Waals surface area contributed by atoms with Crippen LogP contribution in [-0.4, -0.2) is 28.9 Å². The molecule has 0 saturated heterocycles. The summed E-state index contributed by atoms with van der Waals surface area (Å²) in [6.45, 7) is 1.02. The molecule has 0 unspecified atom stereocenters. The summed E-state index contributed by atoms with van der Waals surface area (Å²) in [4.78, 5) is 27.2. The van der Waals surface area contributed by atoms with Gasteiger partial charge in [0, 0.05) is 18.8 Å². The second kappa shape index (κ2) is 4.88. The van der Waals surface area contributed by atoms with Crippen LogP contribution in [0.2, 0.25) is 0 Å². The van der Waals surface area contributed by atoms with E-state index in [0.29, 0.717) is 24.6 Å². The molecule has 1 N–H and O–H groups in total. The lowest BCUT2D eigenvalue weighted by molar-refractivity contribution is 0.0769. The van der Waals surface area contributed by atoms with Crippen LogP contribution >= 0.6 is 0 Å². The van der Waals surface area contributed by atoms with Crippen LogP contribution in [0.25, 0.3) is 0 Å². The van der Waals surface area contributed by atoms with Crippen LogP contribution < -0.4 is 5.56 Å². The lowest BCUT2D eigenvalue weighted by Crippen LogP contribution is -2.33. The summed E-state index contributed by atoms with van der Waals surface area (Å²) >= 11 is 0. The average molecular weight is 230 g/mol. The number of aromatic nitrogens is 1. The number of hydrogen-bond donors (Lipinski definition) is 1. The van der Waals surface area contributed by atoms with Crippen LogP contribution in [0, 0.1) is 18.3 Å². The van der Waals surface area contributed by atoms with Crippen molar-refractivity contribution in [3.8, 4) is 12.3 Å². The largest absolute Gasteiger partial charge is 0.328 e. The van der Waals surface area contributed by atoms with Crippen molar-refractivity contribution < 1.29 is 4.79 Å². The number of carbonyl (C=O) groups excluding carboxylic acids is 1. The maximum absolute atomic E-state index is 12.1. The molecule has 1 heterocycles. The van der Waals surface area contributed by atoms with Crippen molar-refractivity contribution in [1.82, 2.24) is 9.88 Å². The van der Waals surface area contributed by atoms with Gasteiger partial charge in [0.1, 0.15) is 0 Å². The highest BCUT2D eigenvalue weighted by molar-refractivity contribution is 5.94. The monoisotopic (exact) mass is 230 g/mol. The topological polar surface area (TPSA) is 53.2 Å². The van der Waals surface area contributed by atoms with E-state index in [2.05, 4.69) is 10.9 Å². The molecule has 1 aliphatic rings. The lowest BCUT2D eigenvalue weighted by Gasteiger charge is -2.19. The number of rotatable bonds is 4. The fourth-order valence-corrected chi connectivity index (χ4v) is 1.67. The average Bonchev–Trinajstić information content (AvgIpc) is 3.13. The highest BCUT2D eigenvalue weighted by Gasteiger charge is 2.26. The zero-order valence-electron chi connectivity index (χ0n) is 9.48. The van der Waals surface area contributed by atoms with Gasteiger partial charge in [0.05, 0.1) is 12.1 Å².